The fourth-order valence-corrected chi connectivity index (χ4v) is 2.88. The Kier molecular flexibility index (Phi) is 4.80. The molecule has 27 heavy (non-hydrogen) atoms. The smallest absolute Gasteiger partial charge is 0.407 e. The molecule has 4 aromatic rings. The van der Waals surface area contributed by atoms with Gasteiger partial charge in [-0.15, -0.1) is 0 Å². The van der Waals surface area contributed by atoms with E-state index in [9.17, 15) is 4.79 Å². The summed E-state index contributed by atoms with van der Waals surface area (Å²) in [5.41, 5.74) is 1.76. The van der Waals surface area contributed by atoms with E-state index in [1.807, 2.05) is 60.7 Å². The van der Waals surface area contributed by atoms with Crippen molar-refractivity contribution in [3.8, 4) is 28.5 Å². The van der Waals surface area contributed by atoms with E-state index in [0.717, 1.165) is 22.7 Å². The molecule has 0 aliphatic carbocycles. The number of hydrogen-bond acceptors (Lipinski definition) is 7. The zero-order valence-electron chi connectivity index (χ0n) is 13.9. The molecule has 0 spiro atoms. The van der Waals surface area contributed by atoms with E-state index in [-0.39, 0.29) is 5.75 Å². The molecule has 7 nitrogen and oxygen atoms in total. The topological polar surface area (TPSA) is 89.9 Å². The van der Waals surface area contributed by atoms with Gasteiger partial charge < -0.3 is 4.74 Å². The van der Waals surface area contributed by atoms with Crippen LogP contribution in [0.3, 0.4) is 0 Å². The summed E-state index contributed by atoms with van der Waals surface area (Å²) in [5, 5.41) is 2.90. The summed E-state index contributed by atoms with van der Waals surface area (Å²) in [6, 6.07) is 19.0. The third-order valence-corrected chi connectivity index (χ3v) is 4.17. The van der Waals surface area contributed by atoms with Gasteiger partial charge in [0.15, 0.2) is 17.4 Å². The molecule has 2 aromatic carbocycles. The van der Waals surface area contributed by atoms with Crippen LogP contribution in [0.4, 0.5) is 9.93 Å². The summed E-state index contributed by atoms with van der Waals surface area (Å²) < 4.78 is 9.42. The Hall–Kier alpha value is -3.65. The Morgan fingerprint density at radius 2 is 1.44 bits per heavy atom. The standard InChI is InChI=1S/C19H13N5O2S/c25-19(23-18-22-17(24-27-18)14-9-5-2-6-10-14)26-15-11-20-16(21-12-15)13-7-3-1-4-8-13/h1-12H,(H,22,23,24,25). The molecule has 0 saturated carbocycles. The summed E-state index contributed by atoms with van der Waals surface area (Å²) in [4.78, 5) is 24.7. The van der Waals surface area contributed by atoms with Crippen LogP contribution >= 0.6 is 11.5 Å². The Labute approximate surface area is 158 Å². The molecule has 0 saturated heterocycles. The van der Waals surface area contributed by atoms with Gasteiger partial charge in [0.1, 0.15) is 0 Å². The van der Waals surface area contributed by atoms with Gasteiger partial charge in [0.25, 0.3) is 0 Å². The molecule has 1 N–H and O–H groups in total. The molecule has 0 bridgehead atoms. The zero-order chi connectivity index (χ0) is 18.5. The number of benzene rings is 2. The van der Waals surface area contributed by atoms with Crippen LogP contribution in [0.15, 0.2) is 73.1 Å². The third-order valence-electron chi connectivity index (χ3n) is 3.54. The SMILES string of the molecule is O=C(Nc1nc(-c2ccccc2)ns1)Oc1cnc(-c2ccccc2)nc1. The molecule has 1 amide bonds. The van der Waals surface area contributed by atoms with Gasteiger partial charge in [0.2, 0.25) is 5.13 Å². The second-order valence-electron chi connectivity index (χ2n) is 5.41. The number of amides is 1. The minimum Gasteiger partial charge on any atom is -0.407 e. The molecule has 2 heterocycles. The van der Waals surface area contributed by atoms with E-state index in [2.05, 4.69) is 24.6 Å². The molecule has 0 atom stereocenters. The van der Waals surface area contributed by atoms with E-state index >= 15 is 0 Å². The average Bonchev–Trinajstić information content (AvgIpc) is 3.18. The average molecular weight is 375 g/mol. The van der Waals surface area contributed by atoms with Crippen LogP contribution in [-0.2, 0) is 0 Å². The number of ether oxygens (including phenoxy) is 1. The number of anilines is 1. The fraction of sp³-hybridized carbons (Fsp3) is 0. The highest BCUT2D eigenvalue weighted by atomic mass is 32.1. The van der Waals surface area contributed by atoms with Crippen LogP contribution in [0.1, 0.15) is 0 Å². The van der Waals surface area contributed by atoms with Crippen molar-refractivity contribution in [3.05, 3.63) is 73.1 Å². The number of hydrogen-bond donors (Lipinski definition) is 1. The van der Waals surface area contributed by atoms with Crippen molar-refractivity contribution in [2.75, 3.05) is 5.32 Å². The van der Waals surface area contributed by atoms with Crippen LogP contribution in [0.2, 0.25) is 0 Å². The molecule has 0 aliphatic rings. The summed E-state index contributed by atoms with van der Waals surface area (Å²) in [5.74, 6) is 1.34. The van der Waals surface area contributed by atoms with Gasteiger partial charge in [-0.25, -0.2) is 14.8 Å². The van der Waals surface area contributed by atoms with Crippen LogP contribution in [0.5, 0.6) is 5.75 Å². The van der Waals surface area contributed by atoms with Gasteiger partial charge in [-0.3, -0.25) is 5.32 Å². The van der Waals surface area contributed by atoms with Gasteiger partial charge in [0, 0.05) is 22.7 Å². The monoisotopic (exact) mass is 375 g/mol. The lowest BCUT2D eigenvalue weighted by Crippen LogP contribution is -2.16. The first-order valence-electron chi connectivity index (χ1n) is 8.03. The van der Waals surface area contributed by atoms with E-state index in [1.54, 1.807) is 0 Å². The number of nitrogens with zero attached hydrogens (tertiary/aromatic N) is 4. The number of carbonyl (C=O) groups is 1. The maximum Gasteiger partial charge on any atom is 0.419 e. The lowest BCUT2D eigenvalue weighted by Gasteiger charge is -2.04. The van der Waals surface area contributed by atoms with Crippen molar-refractivity contribution in [1.29, 1.82) is 0 Å². The number of rotatable bonds is 4. The molecule has 8 heteroatoms. The first-order chi connectivity index (χ1) is 13.3. The van der Waals surface area contributed by atoms with Gasteiger partial charge in [0.05, 0.1) is 12.4 Å². The highest BCUT2D eigenvalue weighted by Gasteiger charge is 2.11. The van der Waals surface area contributed by atoms with Crippen LogP contribution in [0.25, 0.3) is 22.8 Å². The van der Waals surface area contributed by atoms with Crippen molar-refractivity contribution in [1.82, 2.24) is 19.3 Å². The normalized spacial score (nSPS) is 10.4. The minimum absolute atomic E-state index is 0.236. The predicted octanol–water partition coefficient (Wildman–Crippen LogP) is 4.27. The molecular formula is C19H13N5O2S. The van der Waals surface area contributed by atoms with E-state index in [1.165, 1.54) is 12.4 Å². The van der Waals surface area contributed by atoms with E-state index < -0.39 is 6.09 Å². The maximum absolute atomic E-state index is 12.0. The van der Waals surface area contributed by atoms with Crippen molar-refractivity contribution in [3.63, 3.8) is 0 Å². The van der Waals surface area contributed by atoms with Crippen molar-refractivity contribution in [2.24, 2.45) is 0 Å². The lowest BCUT2D eigenvalue weighted by atomic mass is 10.2. The first kappa shape index (κ1) is 16.8. The second kappa shape index (κ2) is 7.71. The fourth-order valence-electron chi connectivity index (χ4n) is 2.30. The number of aromatic nitrogens is 4. The van der Waals surface area contributed by atoms with E-state index in [4.69, 9.17) is 4.74 Å². The maximum atomic E-state index is 12.0. The van der Waals surface area contributed by atoms with Crippen LogP contribution < -0.4 is 10.1 Å². The molecule has 4 rings (SSSR count). The largest absolute Gasteiger partial charge is 0.419 e. The van der Waals surface area contributed by atoms with Gasteiger partial charge in [-0.1, -0.05) is 60.7 Å². The van der Waals surface area contributed by atoms with Gasteiger partial charge >= 0.3 is 6.09 Å². The summed E-state index contributed by atoms with van der Waals surface area (Å²) in [7, 11) is 0. The Morgan fingerprint density at radius 1 is 0.852 bits per heavy atom. The number of nitrogens with one attached hydrogen (secondary N) is 1. The highest BCUT2D eigenvalue weighted by Crippen LogP contribution is 2.21. The molecule has 0 unspecified atom stereocenters. The number of carbonyl (C=O) groups excluding carboxylic acids is 1. The quantitative estimate of drug-likeness (QED) is 0.573. The predicted molar refractivity (Wildman–Crippen MR) is 102 cm³/mol. The first-order valence-corrected chi connectivity index (χ1v) is 8.81. The van der Waals surface area contributed by atoms with Crippen molar-refractivity contribution in [2.45, 2.75) is 0 Å². The Morgan fingerprint density at radius 3 is 2.07 bits per heavy atom. The summed E-state index contributed by atoms with van der Waals surface area (Å²) >= 11 is 1.08. The Bertz CT molecular complexity index is 1040. The highest BCUT2D eigenvalue weighted by molar-refractivity contribution is 7.10. The van der Waals surface area contributed by atoms with E-state index in [0.29, 0.717) is 16.8 Å². The van der Waals surface area contributed by atoms with Gasteiger partial charge in [-0.2, -0.15) is 9.36 Å². The molecular weight excluding hydrogens is 362 g/mol. The summed E-state index contributed by atoms with van der Waals surface area (Å²) in [6.45, 7) is 0. The lowest BCUT2D eigenvalue weighted by molar-refractivity contribution is 0.215. The van der Waals surface area contributed by atoms with Crippen LogP contribution in [0, 0.1) is 0 Å². The zero-order valence-corrected chi connectivity index (χ0v) is 14.8. The van der Waals surface area contributed by atoms with Gasteiger partial charge in [-0.05, 0) is 0 Å². The molecule has 0 aliphatic heterocycles. The second-order valence-corrected chi connectivity index (χ2v) is 6.16. The molecule has 132 valence electrons. The van der Waals surface area contributed by atoms with Crippen LogP contribution in [-0.4, -0.2) is 25.4 Å². The van der Waals surface area contributed by atoms with Crippen molar-refractivity contribution < 1.29 is 9.53 Å². The summed E-state index contributed by atoms with van der Waals surface area (Å²) in [6.07, 6.45) is 2.22. The third kappa shape index (κ3) is 4.13. The Balaban J connectivity index is 1.39. The minimum atomic E-state index is -0.679. The molecule has 0 fully saturated rings. The molecule has 0 radical (unpaired) electrons. The van der Waals surface area contributed by atoms with Crippen molar-refractivity contribution >= 4 is 22.8 Å². The molecule has 2 aromatic heterocycles.